The van der Waals surface area contributed by atoms with Crippen molar-refractivity contribution in [2.24, 2.45) is 0 Å². The van der Waals surface area contributed by atoms with E-state index in [2.05, 4.69) is 33.2 Å². The van der Waals surface area contributed by atoms with Crippen molar-refractivity contribution >= 4 is 28.3 Å². The fourth-order valence-electron chi connectivity index (χ4n) is 4.98. The molecule has 0 amide bonds. The first-order valence-electron chi connectivity index (χ1n) is 11.3. The second-order valence-corrected chi connectivity index (χ2v) is 8.89. The van der Waals surface area contributed by atoms with Gasteiger partial charge in [0.2, 0.25) is 6.17 Å². The molecule has 2 aliphatic rings. The highest BCUT2D eigenvalue weighted by atomic mass is 19.1. The number of ether oxygens (including phenoxy) is 1. The van der Waals surface area contributed by atoms with Crippen LogP contribution in [-0.4, -0.2) is 69.5 Å². The number of halogens is 1. The minimum absolute atomic E-state index is 0.267. The Bertz CT molecular complexity index is 1300. The van der Waals surface area contributed by atoms with Gasteiger partial charge in [0, 0.05) is 22.7 Å². The summed E-state index contributed by atoms with van der Waals surface area (Å²) in [5.74, 6) is -0.0777. The van der Waals surface area contributed by atoms with Crippen molar-refractivity contribution in [1.82, 2.24) is 4.98 Å². The van der Waals surface area contributed by atoms with E-state index in [1.54, 1.807) is 19.2 Å². The van der Waals surface area contributed by atoms with Crippen LogP contribution in [0.25, 0.3) is 10.9 Å². The molecule has 170 valence electrons. The Morgan fingerprint density at radius 1 is 1.24 bits per heavy atom. The van der Waals surface area contributed by atoms with Gasteiger partial charge in [0.1, 0.15) is 12.2 Å². The fraction of sp³-hybridized carbons (Fsp3) is 0.346. The third-order valence-corrected chi connectivity index (χ3v) is 6.85. The second kappa shape index (κ2) is 8.46. The van der Waals surface area contributed by atoms with Gasteiger partial charge in [0.15, 0.2) is 37.6 Å². The number of H-pyrrole nitrogens is 1. The Morgan fingerprint density at radius 3 is 2.67 bits per heavy atom. The Morgan fingerprint density at radius 2 is 2.00 bits per heavy atom. The van der Waals surface area contributed by atoms with E-state index in [-0.39, 0.29) is 5.56 Å². The zero-order chi connectivity index (χ0) is 23.1. The first-order valence-corrected chi connectivity index (χ1v) is 11.3. The van der Waals surface area contributed by atoms with Gasteiger partial charge < -0.3 is 14.8 Å². The predicted octanol–water partition coefficient (Wildman–Crippen LogP) is 3.78. The van der Waals surface area contributed by atoms with Crippen LogP contribution < -0.4 is 4.74 Å². The van der Waals surface area contributed by atoms with E-state index in [4.69, 9.17) is 4.74 Å². The number of aromatic amines is 1. The maximum absolute atomic E-state index is 13.5. The molecule has 3 aromatic rings. The minimum atomic E-state index is -0.937. The Balaban J connectivity index is 1.59. The number of benzene rings is 2. The highest BCUT2D eigenvalue weighted by Gasteiger charge is 2.38. The van der Waals surface area contributed by atoms with Gasteiger partial charge in [0.05, 0.1) is 24.7 Å². The molecule has 0 saturated carbocycles. The number of carboxylic acids is 1. The molecule has 2 aliphatic heterocycles. The normalized spacial score (nSPS) is 18.6. The number of rotatable bonds is 5. The number of aromatic nitrogens is 1. The van der Waals surface area contributed by atoms with Crippen LogP contribution in [-0.2, 0) is 6.54 Å². The molecule has 7 heteroatoms. The molecule has 1 saturated heterocycles. The summed E-state index contributed by atoms with van der Waals surface area (Å²) < 4.78 is 23.8. The number of hydrogen-bond acceptors (Lipinski definition) is 2. The summed E-state index contributed by atoms with van der Waals surface area (Å²) in [4.78, 5) is 14.7. The summed E-state index contributed by atoms with van der Waals surface area (Å²) in [7, 11) is 1.70. The van der Waals surface area contributed by atoms with E-state index in [9.17, 15) is 14.3 Å². The molecule has 0 bridgehead atoms. The fourth-order valence-corrected chi connectivity index (χ4v) is 4.98. The number of nitrogens with zero attached hydrogens (tertiary/aromatic N) is 2. The van der Waals surface area contributed by atoms with Gasteiger partial charge in [-0.15, -0.1) is 0 Å². The van der Waals surface area contributed by atoms with Crippen LogP contribution >= 0.6 is 0 Å². The largest absolute Gasteiger partial charge is 0.496 e. The van der Waals surface area contributed by atoms with Crippen molar-refractivity contribution in [3.63, 3.8) is 0 Å². The standard InChI is InChI=1S/C26H27FN3O3/c1-16-11-24(33-2)22(21-7-9-28-25(16)21)15-29-10-8-20(30-13-19(27)14-30)12-23(29)17-3-5-18(6-4-17)26(31)32/h3-7,9,11,19,28H,8,10,12-15H2,1-2H3/q+1/p+1. The molecular formula is C26H28FN3O3+2. The SMILES string of the molecule is COc1cc(C)c2[nH]ccc2c1C[N+]1=C(c2ccc(C(=O)O)cc2)CC(=[N+]2CC(F)C2)CC1. The molecule has 33 heavy (non-hydrogen) atoms. The summed E-state index contributed by atoms with van der Waals surface area (Å²) in [5.41, 5.74) is 7.00. The third kappa shape index (κ3) is 3.92. The predicted molar refractivity (Wildman–Crippen MR) is 125 cm³/mol. The van der Waals surface area contributed by atoms with E-state index in [1.165, 1.54) is 5.71 Å². The monoisotopic (exact) mass is 449 g/mol. The molecular weight excluding hydrogens is 421 g/mol. The summed E-state index contributed by atoms with van der Waals surface area (Å²) >= 11 is 0. The topological polar surface area (TPSA) is 68.3 Å². The summed E-state index contributed by atoms with van der Waals surface area (Å²) in [6.07, 6.45) is 2.82. The zero-order valence-corrected chi connectivity index (χ0v) is 18.9. The van der Waals surface area contributed by atoms with E-state index < -0.39 is 12.1 Å². The number of carboxylic acid groups (broad SMARTS) is 1. The van der Waals surface area contributed by atoms with Gasteiger partial charge in [-0.2, -0.15) is 0 Å². The van der Waals surface area contributed by atoms with Crippen molar-refractivity contribution in [2.45, 2.75) is 32.5 Å². The molecule has 1 fully saturated rings. The first-order chi connectivity index (χ1) is 15.9. The number of carbonyl (C=O) groups is 1. The van der Waals surface area contributed by atoms with Gasteiger partial charge in [-0.05, 0) is 48.9 Å². The minimum Gasteiger partial charge on any atom is -0.496 e. The van der Waals surface area contributed by atoms with Crippen molar-refractivity contribution in [3.8, 4) is 5.75 Å². The molecule has 2 N–H and O–H groups in total. The second-order valence-electron chi connectivity index (χ2n) is 8.89. The molecule has 1 aromatic heterocycles. The molecule has 3 heterocycles. The molecule has 5 rings (SSSR count). The van der Waals surface area contributed by atoms with Crippen molar-refractivity contribution in [3.05, 3.63) is 64.8 Å². The lowest BCUT2D eigenvalue weighted by molar-refractivity contribution is -0.606. The summed E-state index contributed by atoms with van der Waals surface area (Å²) in [6, 6.07) is 11.2. The summed E-state index contributed by atoms with van der Waals surface area (Å²) in [6.45, 7) is 4.49. The van der Waals surface area contributed by atoms with Crippen molar-refractivity contribution < 1.29 is 28.2 Å². The quantitative estimate of drug-likeness (QED) is 0.583. The summed E-state index contributed by atoms with van der Waals surface area (Å²) in [5, 5.41) is 10.4. The molecule has 0 unspecified atom stereocenters. The number of aromatic carboxylic acids is 1. The van der Waals surface area contributed by atoms with Gasteiger partial charge in [-0.3, -0.25) is 0 Å². The lowest BCUT2D eigenvalue weighted by Crippen LogP contribution is -2.47. The van der Waals surface area contributed by atoms with Gasteiger partial charge in [-0.1, -0.05) is 0 Å². The Hall–Kier alpha value is -3.48. The molecule has 0 spiro atoms. The molecule has 2 aromatic carbocycles. The number of aryl methyl sites for hydroxylation is 1. The number of nitrogens with one attached hydrogen (secondary N) is 1. The number of alkyl halides is 1. The zero-order valence-electron chi connectivity index (χ0n) is 18.9. The lowest BCUT2D eigenvalue weighted by Gasteiger charge is -2.23. The van der Waals surface area contributed by atoms with E-state index in [0.29, 0.717) is 19.6 Å². The van der Waals surface area contributed by atoms with Gasteiger partial charge in [0.25, 0.3) is 0 Å². The molecule has 0 radical (unpaired) electrons. The average molecular weight is 450 g/mol. The molecule has 0 atom stereocenters. The van der Waals surface area contributed by atoms with Crippen LogP contribution in [0, 0.1) is 6.92 Å². The smallest absolute Gasteiger partial charge is 0.335 e. The number of methoxy groups -OCH3 is 1. The van der Waals surface area contributed by atoms with Crippen LogP contribution in [0.4, 0.5) is 4.39 Å². The third-order valence-electron chi connectivity index (χ3n) is 6.85. The average Bonchev–Trinajstić information content (AvgIpc) is 3.30. The Labute approximate surface area is 191 Å². The van der Waals surface area contributed by atoms with E-state index in [0.717, 1.165) is 58.4 Å². The molecule has 6 nitrogen and oxygen atoms in total. The number of hydrogen-bond donors (Lipinski definition) is 2. The van der Waals surface area contributed by atoms with E-state index >= 15 is 0 Å². The molecule has 0 aliphatic carbocycles. The number of fused-ring (bicyclic) bond motifs is 1. The van der Waals surface area contributed by atoms with Crippen LogP contribution in [0.2, 0.25) is 0 Å². The van der Waals surface area contributed by atoms with Gasteiger partial charge in [-0.25, -0.2) is 18.3 Å². The van der Waals surface area contributed by atoms with E-state index in [1.807, 2.05) is 18.3 Å². The Kier molecular flexibility index (Phi) is 5.48. The maximum Gasteiger partial charge on any atom is 0.335 e. The van der Waals surface area contributed by atoms with Crippen molar-refractivity contribution in [2.75, 3.05) is 26.7 Å². The first kappa shape index (κ1) is 21.4. The van der Waals surface area contributed by atoms with Crippen molar-refractivity contribution in [1.29, 1.82) is 0 Å². The highest BCUT2D eigenvalue weighted by Crippen LogP contribution is 2.32. The highest BCUT2D eigenvalue weighted by molar-refractivity contribution is 6.10. The lowest BCUT2D eigenvalue weighted by atomic mass is 9.95. The van der Waals surface area contributed by atoms with Crippen LogP contribution in [0.15, 0.2) is 42.6 Å². The van der Waals surface area contributed by atoms with Crippen LogP contribution in [0.1, 0.15) is 39.9 Å². The maximum atomic E-state index is 13.5. The van der Waals surface area contributed by atoms with Gasteiger partial charge >= 0.3 is 5.97 Å². The van der Waals surface area contributed by atoms with Crippen LogP contribution in [0.3, 0.4) is 0 Å². The van der Waals surface area contributed by atoms with Crippen LogP contribution in [0.5, 0.6) is 5.75 Å².